The van der Waals surface area contributed by atoms with Crippen LogP contribution in [0.3, 0.4) is 0 Å². The van der Waals surface area contributed by atoms with Crippen LogP contribution in [-0.2, 0) is 29.8 Å². The Labute approximate surface area is 210 Å². The van der Waals surface area contributed by atoms with Crippen molar-refractivity contribution in [3.8, 4) is 11.1 Å². The van der Waals surface area contributed by atoms with Crippen LogP contribution in [0.2, 0.25) is 0 Å². The van der Waals surface area contributed by atoms with Gasteiger partial charge in [0.05, 0.1) is 17.7 Å². The van der Waals surface area contributed by atoms with Gasteiger partial charge in [0.2, 0.25) is 0 Å². The Morgan fingerprint density at radius 2 is 1.89 bits per heavy atom. The number of carbonyl (C=O) groups excluding carboxylic acids is 1. The lowest BCUT2D eigenvalue weighted by molar-refractivity contribution is -0.141. The summed E-state index contributed by atoms with van der Waals surface area (Å²) in [4.78, 5) is 15.5. The molecule has 0 saturated carbocycles. The molecule has 36 heavy (non-hydrogen) atoms. The van der Waals surface area contributed by atoms with Gasteiger partial charge in [-0.3, -0.25) is 4.79 Å². The van der Waals surface area contributed by atoms with E-state index in [1.165, 1.54) is 11.3 Å². The molecule has 1 aliphatic carbocycles. The second-order valence-corrected chi connectivity index (χ2v) is 11.0. The number of para-hydroxylation sites is 1. The first kappa shape index (κ1) is 21.9. The van der Waals surface area contributed by atoms with Gasteiger partial charge in [-0.25, -0.2) is 0 Å². The summed E-state index contributed by atoms with van der Waals surface area (Å²) in [6.07, 6.45) is 10.6. The lowest BCUT2D eigenvalue weighted by Crippen LogP contribution is -2.46. The zero-order chi connectivity index (χ0) is 24.8. The molecule has 3 atom stereocenters. The minimum absolute atomic E-state index is 0.00942. The maximum atomic E-state index is 13.3. The molecule has 1 aromatic heterocycles. The molecule has 184 valence electrons. The summed E-state index contributed by atoms with van der Waals surface area (Å²) in [6.45, 7) is 4.81. The fourth-order valence-electron chi connectivity index (χ4n) is 6.95. The predicted octanol–water partition coefficient (Wildman–Crippen LogP) is 4.63. The van der Waals surface area contributed by atoms with Crippen molar-refractivity contribution in [2.24, 2.45) is 5.41 Å². The van der Waals surface area contributed by atoms with E-state index in [9.17, 15) is 9.90 Å². The van der Waals surface area contributed by atoms with Crippen LogP contribution >= 0.6 is 0 Å². The minimum atomic E-state index is -0.781. The van der Waals surface area contributed by atoms with E-state index in [-0.39, 0.29) is 18.7 Å². The van der Waals surface area contributed by atoms with Crippen molar-refractivity contribution in [2.45, 2.75) is 51.6 Å². The SMILES string of the molecule is CN1c2ccccc2-c2cc3c(c4c2C(=O)NC4)c2c(n3C3(C)OC1C[C@]3(C)CO)CC=C/C=C\C2. The molecular formula is C30H31N3O3. The number of fused-ring (bicyclic) bond motifs is 12. The molecule has 6 heteroatoms. The maximum absolute atomic E-state index is 13.3. The van der Waals surface area contributed by atoms with Crippen LogP contribution in [0.4, 0.5) is 5.69 Å². The van der Waals surface area contributed by atoms with Gasteiger partial charge in [0.15, 0.2) is 5.72 Å². The van der Waals surface area contributed by atoms with Gasteiger partial charge in [-0.05, 0) is 42.2 Å². The van der Waals surface area contributed by atoms with E-state index in [1.807, 2.05) is 12.1 Å². The van der Waals surface area contributed by atoms with Gasteiger partial charge in [0.25, 0.3) is 5.91 Å². The molecule has 4 bridgehead atoms. The minimum Gasteiger partial charge on any atom is -0.396 e. The number of benzene rings is 2. The van der Waals surface area contributed by atoms with E-state index in [0.717, 1.165) is 51.7 Å². The monoisotopic (exact) mass is 481 g/mol. The molecule has 2 unspecified atom stereocenters. The fourth-order valence-corrected chi connectivity index (χ4v) is 6.95. The summed E-state index contributed by atoms with van der Waals surface area (Å²) in [5.74, 6) is -0.00942. The van der Waals surface area contributed by atoms with Crippen molar-refractivity contribution >= 4 is 22.5 Å². The van der Waals surface area contributed by atoms with E-state index < -0.39 is 11.1 Å². The standard InChI is InChI=1S/C30H31N3O3/c1-29(17-34)15-25-32(3)22-12-9-8-10-18(22)20-14-24-26(21-16-31-28(35)27(20)21)19-11-6-4-5-7-13-23(19)33(24)30(29,2)36-25/h4-10,12,14,25,34H,11,13,15-17H2,1-3H3,(H,31,35)/b6-4-,7-5?/t25?,29-,30?/m1/s1. The fraction of sp³-hybridized carbons (Fsp3) is 0.367. The highest BCUT2D eigenvalue weighted by atomic mass is 16.5. The molecule has 1 saturated heterocycles. The highest BCUT2D eigenvalue weighted by Gasteiger charge is 2.57. The van der Waals surface area contributed by atoms with Gasteiger partial charge < -0.3 is 24.6 Å². The number of nitrogens with one attached hydrogen (secondary N) is 1. The number of hydrogen-bond donors (Lipinski definition) is 2. The Bertz CT molecular complexity index is 1520. The van der Waals surface area contributed by atoms with Gasteiger partial charge in [0, 0.05) is 54.2 Å². The van der Waals surface area contributed by atoms with Gasteiger partial charge in [-0.2, -0.15) is 0 Å². The summed E-state index contributed by atoms with van der Waals surface area (Å²) in [7, 11) is 2.06. The lowest BCUT2D eigenvalue weighted by Gasteiger charge is -2.41. The molecule has 0 spiro atoms. The van der Waals surface area contributed by atoms with Crippen LogP contribution < -0.4 is 10.2 Å². The third-order valence-electron chi connectivity index (χ3n) is 9.13. The molecule has 2 aromatic carbocycles. The molecular weight excluding hydrogens is 450 g/mol. The van der Waals surface area contributed by atoms with Crippen LogP contribution in [0.25, 0.3) is 22.0 Å². The van der Waals surface area contributed by atoms with Crippen molar-refractivity contribution in [2.75, 3.05) is 18.6 Å². The molecule has 6 nitrogen and oxygen atoms in total. The van der Waals surface area contributed by atoms with Crippen LogP contribution in [0, 0.1) is 5.41 Å². The molecule has 1 fully saturated rings. The quantitative estimate of drug-likeness (QED) is 0.532. The first-order valence-corrected chi connectivity index (χ1v) is 12.8. The number of aromatic nitrogens is 1. The Kier molecular flexibility index (Phi) is 4.46. The number of aliphatic hydroxyl groups excluding tert-OH is 1. The Hall–Kier alpha value is -3.35. The van der Waals surface area contributed by atoms with Gasteiger partial charge in [-0.1, -0.05) is 49.4 Å². The number of amides is 1. The number of anilines is 1. The predicted molar refractivity (Wildman–Crippen MR) is 141 cm³/mol. The third kappa shape index (κ3) is 2.61. The first-order chi connectivity index (χ1) is 17.4. The highest BCUT2D eigenvalue weighted by Crippen LogP contribution is 2.55. The van der Waals surface area contributed by atoms with Crippen LogP contribution in [-0.4, -0.2) is 35.5 Å². The van der Waals surface area contributed by atoms with Crippen LogP contribution in [0.1, 0.15) is 47.4 Å². The van der Waals surface area contributed by atoms with E-state index in [2.05, 4.69) is 78.2 Å². The second-order valence-electron chi connectivity index (χ2n) is 11.0. The highest BCUT2D eigenvalue weighted by molar-refractivity contribution is 6.12. The van der Waals surface area contributed by atoms with E-state index in [4.69, 9.17) is 4.74 Å². The molecule has 3 aliphatic heterocycles. The van der Waals surface area contributed by atoms with E-state index in [1.54, 1.807) is 0 Å². The van der Waals surface area contributed by atoms with E-state index in [0.29, 0.717) is 13.0 Å². The largest absolute Gasteiger partial charge is 0.396 e. The summed E-state index contributed by atoms with van der Waals surface area (Å²) >= 11 is 0. The number of hydrogen-bond acceptors (Lipinski definition) is 4. The normalized spacial score (nSPS) is 28.9. The Morgan fingerprint density at radius 3 is 2.69 bits per heavy atom. The molecule has 1 amide bonds. The summed E-state index contributed by atoms with van der Waals surface area (Å²) in [6, 6.07) is 10.5. The summed E-state index contributed by atoms with van der Waals surface area (Å²) < 4.78 is 9.40. The number of aliphatic hydroxyl groups is 1. The van der Waals surface area contributed by atoms with Crippen molar-refractivity contribution in [3.05, 3.63) is 77.0 Å². The molecule has 4 heterocycles. The molecule has 4 aliphatic rings. The topological polar surface area (TPSA) is 66.7 Å². The Balaban J connectivity index is 1.70. The van der Waals surface area contributed by atoms with Crippen molar-refractivity contribution in [1.29, 1.82) is 0 Å². The number of ether oxygens (including phenoxy) is 1. The van der Waals surface area contributed by atoms with Gasteiger partial charge in [-0.15, -0.1) is 0 Å². The number of nitrogens with zero attached hydrogens (tertiary/aromatic N) is 2. The average Bonchev–Trinajstić information content (AvgIpc) is 3.48. The summed E-state index contributed by atoms with van der Waals surface area (Å²) in [5, 5.41) is 15.1. The molecule has 0 radical (unpaired) electrons. The second kappa shape index (κ2) is 7.34. The van der Waals surface area contributed by atoms with Crippen molar-refractivity contribution < 1.29 is 14.6 Å². The van der Waals surface area contributed by atoms with Crippen LogP contribution in [0.15, 0.2) is 54.6 Å². The lowest BCUT2D eigenvalue weighted by atomic mass is 9.79. The number of allylic oxidation sites excluding steroid dienone is 4. The number of rotatable bonds is 1. The third-order valence-corrected chi connectivity index (χ3v) is 9.13. The van der Waals surface area contributed by atoms with Crippen molar-refractivity contribution in [3.63, 3.8) is 0 Å². The molecule has 7 rings (SSSR count). The van der Waals surface area contributed by atoms with Crippen LogP contribution in [0.5, 0.6) is 0 Å². The molecule has 3 aromatic rings. The van der Waals surface area contributed by atoms with Gasteiger partial charge in [0.1, 0.15) is 6.23 Å². The zero-order valence-electron chi connectivity index (χ0n) is 21.0. The average molecular weight is 482 g/mol. The first-order valence-electron chi connectivity index (χ1n) is 12.8. The maximum Gasteiger partial charge on any atom is 0.252 e. The van der Waals surface area contributed by atoms with E-state index >= 15 is 0 Å². The number of carbonyl (C=O) groups is 1. The molecule has 2 N–H and O–H groups in total. The smallest absolute Gasteiger partial charge is 0.252 e. The van der Waals surface area contributed by atoms with Gasteiger partial charge >= 0.3 is 0 Å². The summed E-state index contributed by atoms with van der Waals surface area (Å²) in [5.41, 5.74) is 7.10. The Morgan fingerprint density at radius 1 is 1.11 bits per heavy atom. The zero-order valence-corrected chi connectivity index (χ0v) is 21.0. The van der Waals surface area contributed by atoms with Crippen molar-refractivity contribution in [1.82, 2.24) is 9.88 Å².